The quantitative estimate of drug-likeness (QED) is 0.789. The summed E-state index contributed by atoms with van der Waals surface area (Å²) < 4.78 is 5.45. The van der Waals surface area contributed by atoms with E-state index in [0.717, 1.165) is 57.3 Å². The first-order chi connectivity index (χ1) is 11.5. The number of aromatic nitrogens is 3. The Balaban J connectivity index is 1.65. The maximum absolute atomic E-state index is 12.4. The fourth-order valence-corrected chi connectivity index (χ4v) is 4.49. The van der Waals surface area contributed by atoms with Gasteiger partial charge in [0.25, 0.3) is 5.56 Å². The average molecular weight is 344 g/mol. The molecule has 1 N–H and O–H groups in total. The first kappa shape index (κ1) is 15.5. The molecule has 3 aromatic rings. The van der Waals surface area contributed by atoms with Crippen LogP contribution in [0.25, 0.3) is 10.2 Å². The summed E-state index contributed by atoms with van der Waals surface area (Å²) in [6.45, 7) is 7.53. The highest BCUT2D eigenvalue weighted by molar-refractivity contribution is 7.18. The van der Waals surface area contributed by atoms with Crippen molar-refractivity contribution in [2.24, 2.45) is 0 Å². The number of nitrogens with zero attached hydrogens (tertiary/aromatic N) is 3. The molecule has 0 spiro atoms. The van der Waals surface area contributed by atoms with Crippen LogP contribution >= 0.6 is 11.3 Å². The molecule has 7 heteroatoms. The van der Waals surface area contributed by atoms with E-state index in [1.54, 1.807) is 11.3 Å². The summed E-state index contributed by atoms with van der Waals surface area (Å²) in [7, 11) is 0. The van der Waals surface area contributed by atoms with Crippen LogP contribution in [0.3, 0.4) is 0 Å². The third-order valence-electron chi connectivity index (χ3n) is 4.78. The van der Waals surface area contributed by atoms with Gasteiger partial charge in [-0.15, -0.1) is 11.3 Å². The predicted octanol–water partition coefficient (Wildman–Crippen LogP) is 3.23. The number of likely N-dealkylation sites (tertiary alicyclic amines) is 1. The van der Waals surface area contributed by atoms with E-state index in [4.69, 9.17) is 4.52 Å². The van der Waals surface area contributed by atoms with Crippen molar-refractivity contribution in [2.75, 3.05) is 6.54 Å². The van der Waals surface area contributed by atoms with Crippen LogP contribution in [0.2, 0.25) is 0 Å². The topological polar surface area (TPSA) is 75.0 Å². The van der Waals surface area contributed by atoms with E-state index in [2.05, 4.69) is 20.0 Å². The third kappa shape index (κ3) is 2.57. The molecule has 4 heterocycles. The van der Waals surface area contributed by atoms with Crippen LogP contribution in [0.5, 0.6) is 0 Å². The highest BCUT2D eigenvalue weighted by Crippen LogP contribution is 2.33. The summed E-state index contributed by atoms with van der Waals surface area (Å²) in [5.41, 5.74) is 1.89. The van der Waals surface area contributed by atoms with E-state index < -0.39 is 0 Å². The van der Waals surface area contributed by atoms with Gasteiger partial charge in [-0.3, -0.25) is 9.69 Å². The molecule has 1 saturated heterocycles. The number of thiophene rings is 1. The number of hydrogen-bond acceptors (Lipinski definition) is 6. The lowest BCUT2D eigenvalue weighted by Gasteiger charge is -2.21. The summed E-state index contributed by atoms with van der Waals surface area (Å²) >= 11 is 1.59. The molecule has 6 nitrogen and oxygen atoms in total. The first-order valence-corrected chi connectivity index (χ1v) is 9.00. The van der Waals surface area contributed by atoms with Crippen LogP contribution in [0.4, 0.5) is 0 Å². The fraction of sp³-hybridized carbons (Fsp3) is 0.471. The zero-order valence-corrected chi connectivity index (χ0v) is 14.9. The van der Waals surface area contributed by atoms with Gasteiger partial charge in [0.15, 0.2) is 5.76 Å². The van der Waals surface area contributed by atoms with Gasteiger partial charge in [0.05, 0.1) is 23.7 Å². The van der Waals surface area contributed by atoms with Crippen molar-refractivity contribution in [3.05, 3.63) is 44.1 Å². The van der Waals surface area contributed by atoms with Crippen molar-refractivity contribution >= 4 is 21.6 Å². The number of rotatable bonds is 3. The molecule has 0 amide bonds. The van der Waals surface area contributed by atoms with Crippen LogP contribution in [0.15, 0.2) is 15.4 Å². The number of nitrogens with one attached hydrogen (secondary N) is 1. The highest BCUT2D eigenvalue weighted by atomic mass is 32.1. The van der Waals surface area contributed by atoms with Gasteiger partial charge in [-0.2, -0.15) is 0 Å². The minimum Gasteiger partial charge on any atom is -0.359 e. The van der Waals surface area contributed by atoms with E-state index >= 15 is 0 Å². The van der Waals surface area contributed by atoms with Crippen molar-refractivity contribution < 1.29 is 4.52 Å². The summed E-state index contributed by atoms with van der Waals surface area (Å²) in [6, 6.07) is 2.20. The Morgan fingerprint density at radius 2 is 2.25 bits per heavy atom. The molecule has 126 valence electrons. The number of H-pyrrole nitrogens is 1. The minimum atomic E-state index is -0.0388. The van der Waals surface area contributed by atoms with Crippen molar-refractivity contribution in [3.8, 4) is 0 Å². The Kier molecular flexibility index (Phi) is 3.77. The Hall–Kier alpha value is -1.99. The van der Waals surface area contributed by atoms with Gasteiger partial charge in [0.2, 0.25) is 0 Å². The SMILES string of the molecule is Cc1cc(C2CCCN2Cc2nc3sc(C)c(C)c3c(=O)[nH]2)on1. The average Bonchev–Trinajstić information content (AvgIpc) is 3.20. The fourth-order valence-electron chi connectivity index (χ4n) is 3.44. The second-order valence-electron chi connectivity index (χ2n) is 6.48. The van der Waals surface area contributed by atoms with Crippen molar-refractivity contribution in [2.45, 2.75) is 46.2 Å². The molecule has 24 heavy (non-hydrogen) atoms. The predicted molar refractivity (Wildman–Crippen MR) is 93.3 cm³/mol. The van der Waals surface area contributed by atoms with Crippen molar-refractivity contribution in [3.63, 3.8) is 0 Å². The van der Waals surface area contributed by atoms with E-state index in [1.165, 1.54) is 0 Å². The van der Waals surface area contributed by atoms with Gasteiger partial charge in [0, 0.05) is 10.9 Å². The number of hydrogen-bond donors (Lipinski definition) is 1. The normalized spacial score (nSPS) is 18.7. The molecule has 1 aliphatic heterocycles. The van der Waals surface area contributed by atoms with Gasteiger partial charge < -0.3 is 9.51 Å². The van der Waals surface area contributed by atoms with Gasteiger partial charge in [0.1, 0.15) is 10.7 Å². The summed E-state index contributed by atoms with van der Waals surface area (Å²) in [5.74, 6) is 1.62. The monoisotopic (exact) mass is 344 g/mol. The first-order valence-electron chi connectivity index (χ1n) is 8.19. The standard InChI is InChI=1S/C17H20N4O2S/c1-9-7-13(23-20-9)12-5-4-6-21(12)8-14-18-16(22)15-10(2)11(3)24-17(15)19-14/h7,12H,4-6,8H2,1-3H3,(H,18,19,22). The van der Waals surface area contributed by atoms with Crippen molar-refractivity contribution in [1.82, 2.24) is 20.0 Å². The van der Waals surface area contributed by atoms with E-state index in [0.29, 0.717) is 6.54 Å². The third-order valence-corrected chi connectivity index (χ3v) is 5.88. The number of aryl methyl sites for hydroxylation is 3. The zero-order chi connectivity index (χ0) is 16.8. The Morgan fingerprint density at radius 3 is 3.00 bits per heavy atom. The smallest absolute Gasteiger partial charge is 0.259 e. The largest absolute Gasteiger partial charge is 0.359 e. The molecular weight excluding hydrogens is 324 g/mol. The molecule has 4 rings (SSSR count). The number of fused-ring (bicyclic) bond motifs is 1. The zero-order valence-electron chi connectivity index (χ0n) is 14.0. The lowest BCUT2D eigenvalue weighted by atomic mass is 10.1. The molecule has 0 bridgehead atoms. The molecular formula is C17H20N4O2S. The van der Waals surface area contributed by atoms with Crippen LogP contribution < -0.4 is 5.56 Å². The molecule has 0 saturated carbocycles. The van der Waals surface area contributed by atoms with E-state index in [1.807, 2.05) is 26.8 Å². The molecule has 0 aliphatic carbocycles. The maximum Gasteiger partial charge on any atom is 0.259 e. The summed E-state index contributed by atoms with van der Waals surface area (Å²) in [5, 5.41) is 4.72. The number of aromatic amines is 1. The minimum absolute atomic E-state index is 0.0388. The van der Waals surface area contributed by atoms with Crippen LogP contribution in [0.1, 0.15) is 46.6 Å². The van der Waals surface area contributed by atoms with Gasteiger partial charge >= 0.3 is 0 Å². The molecule has 1 atom stereocenters. The van der Waals surface area contributed by atoms with Gasteiger partial charge in [-0.1, -0.05) is 5.16 Å². The molecule has 1 unspecified atom stereocenters. The van der Waals surface area contributed by atoms with Crippen molar-refractivity contribution in [1.29, 1.82) is 0 Å². The Bertz CT molecular complexity index is 955. The van der Waals surface area contributed by atoms with Crippen LogP contribution in [-0.2, 0) is 6.54 Å². The molecule has 0 radical (unpaired) electrons. The highest BCUT2D eigenvalue weighted by Gasteiger charge is 2.29. The molecule has 1 aliphatic rings. The molecule has 0 aromatic carbocycles. The lowest BCUT2D eigenvalue weighted by Crippen LogP contribution is -2.25. The van der Waals surface area contributed by atoms with Crippen LogP contribution in [0, 0.1) is 20.8 Å². The maximum atomic E-state index is 12.4. The van der Waals surface area contributed by atoms with Gasteiger partial charge in [-0.05, 0) is 45.7 Å². The van der Waals surface area contributed by atoms with E-state index in [-0.39, 0.29) is 11.6 Å². The van der Waals surface area contributed by atoms with Gasteiger partial charge in [-0.25, -0.2) is 4.98 Å². The summed E-state index contributed by atoms with van der Waals surface area (Å²) in [4.78, 5) is 24.4. The molecule has 3 aromatic heterocycles. The Labute approximate surface area is 143 Å². The second kappa shape index (κ2) is 5.82. The second-order valence-corrected chi connectivity index (χ2v) is 7.68. The Morgan fingerprint density at radius 1 is 1.42 bits per heavy atom. The van der Waals surface area contributed by atoms with Crippen LogP contribution in [-0.4, -0.2) is 26.6 Å². The lowest BCUT2D eigenvalue weighted by molar-refractivity contribution is 0.202. The summed E-state index contributed by atoms with van der Waals surface area (Å²) in [6.07, 6.45) is 2.15. The molecule has 1 fully saturated rings. The van der Waals surface area contributed by atoms with E-state index in [9.17, 15) is 4.79 Å².